The van der Waals surface area contributed by atoms with Gasteiger partial charge in [-0.05, 0) is 52.0 Å². The molecule has 0 aliphatic carbocycles. The Morgan fingerprint density at radius 2 is 0.950 bits per heavy atom. The highest BCUT2D eigenvalue weighted by Gasteiger charge is 2.31. The normalized spacial score (nSPS) is 11.3. The van der Waals surface area contributed by atoms with Crippen LogP contribution in [0.15, 0.2) is 60.7 Å². The molecule has 0 aliphatic heterocycles. The summed E-state index contributed by atoms with van der Waals surface area (Å²) in [6.45, 7) is 8.61. The Kier molecular flexibility index (Phi) is 6.63. The summed E-state index contributed by atoms with van der Waals surface area (Å²) in [6.07, 6.45) is 0. The van der Waals surface area contributed by atoms with Crippen molar-refractivity contribution in [2.24, 2.45) is 0 Å². The number of aromatic carboxylic acids is 2. The molecule has 0 atom stereocenters. The van der Waals surface area contributed by atoms with Gasteiger partial charge in [-0.15, -0.1) is 0 Å². The highest BCUT2D eigenvalue weighted by atomic mass is 16.4. The molecule has 0 radical (unpaired) electrons. The van der Waals surface area contributed by atoms with Crippen molar-refractivity contribution >= 4 is 45.3 Å². The zero-order chi connectivity index (χ0) is 28.9. The Balaban J connectivity index is 1.76. The summed E-state index contributed by atoms with van der Waals surface area (Å²) in [5.74, 6) is -4.09. The SMILES string of the molecule is CCn1c(C)c(C(=O)c2cc(C(=O)O)c(C(=O)c3c(C)n(CC)c4ccccc34)cc2C(=O)O)c2ccccc21. The quantitative estimate of drug-likeness (QED) is 0.231. The van der Waals surface area contributed by atoms with Gasteiger partial charge in [0.25, 0.3) is 0 Å². The van der Waals surface area contributed by atoms with Crippen LogP contribution >= 0.6 is 0 Å². The minimum absolute atomic E-state index is 0.281. The summed E-state index contributed by atoms with van der Waals surface area (Å²) >= 11 is 0. The van der Waals surface area contributed by atoms with Gasteiger partial charge in [0.1, 0.15) is 0 Å². The molecule has 8 heteroatoms. The minimum atomic E-state index is -1.43. The number of carbonyl (C=O) groups is 4. The van der Waals surface area contributed by atoms with Crippen molar-refractivity contribution < 1.29 is 29.4 Å². The highest BCUT2D eigenvalue weighted by Crippen LogP contribution is 2.33. The van der Waals surface area contributed by atoms with Crippen LogP contribution in [0.5, 0.6) is 0 Å². The fourth-order valence-corrected chi connectivity index (χ4v) is 5.85. The topological polar surface area (TPSA) is 119 Å². The number of hydrogen-bond acceptors (Lipinski definition) is 4. The van der Waals surface area contributed by atoms with Crippen LogP contribution in [0.25, 0.3) is 21.8 Å². The Labute approximate surface area is 230 Å². The summed E-state index contributed by atoms with van der Waals surface area (Å²) in [5.41, 5.74) is 2.11. The second kappa shape index (κ2) is 9.96. The molecular formula is C32H28N2O6. The molecule has 0 spiro atoms. The van der Waals surface area contributed by atoms with E-state index in [4.69, 9.17) is 0 Å². The molecule has 0 saturated heterocycles. The summed E-state index contributed by atoms with van der Waals surface area (Å²) in [4.78, 5) is 52.9. The number of rotatable bonds is 8. The summed E-state index contributed by atoms with van der Waals surface area (Å²) < 4.78 is 3.90. The first-order valence-electron chi connectivity index (χ1n) is 13.0. The van der Waals surface area contributed by atoms with Crippen molar-refractivity contribution in [2.45, 2.75) is 40.8 Å². The van der Waals surface area contributed by atoms with E-state index in [0.717, 1.165) is 23.2 Å². The molecule has 0 saturated carbocycles. The maximum atomic E-state index is 14.0. The molecule has 0 aliphatic rings. The number of nitrogens with zero attached hydrogens (tertiary/aromatic N) is 2. The Bertz CT molecular complexity index is 1750. The minimum Gasteiger partial charge on any atom is -0.478 e. The number of fused-ring (bicyclic) bond motifs is 2. The van der Waals surface area contributed by atoms with Crippen molar-refractivity contribution in [3.8, 4) is 0 Å². The number of aryl methyl sites for hydroxylation is 2. The Morgan fingerprint density at radius 3 is 1.27 bits per heavy atom. The van der Waals surface area contributed by atoms with E-state index in [0.29, 0.717) is 46.4 Å². The number of carboxylic acids is 2. The third-order valence-corrected chi connectivity index (χ3v) is 7.66. The first-order chi connectivity index (χ1) is 19.1. The van der Waals surface area contributed by atoms with E-state index in [1.165, 1.54) is 0 Å². The second-order valence-electron chi connectivity index (χ2n) is 9.66. The van der Waals surface area contributed by atoms with Gasteiger partial charge in [0.2, 0.25) is 0 Å². The first kappa shape index (κ1) is 26.6. The molecule has 2 N–H and O–H groups in total. The molecule has 2 aromatic heterocycles. The van der Waals surface area contributed by atoms with Gasteiger partial charge in [-0.2, -0.15) is 0 Å². The number of ketones is 2. The number of para-hydroxylation sites is 2. The van der Waals surface area contributed by atoms with Gasteiger partial charge >= 0.3 is 11.9 Å². The standard InChI is InChI=1S/C32H28N2O6/c1-5-33-17(3)27(19-11-7-9-13-25(19)33)29(35)21-15-24(32(39)40)22(16-23(21)31(37)38)30(36)28-18(4)34(6-2)26-14-10-8-12-20(26)28/h7-16H,5-6H2,1-4H3,(H,37,38)(H,39,40). The number of benzene rings is 3. The van der Waals surface area contributed by atoms with Crippen molar-refractivity contribution in [3.63, 3.8) is 0 Å². The molecule has 0 amide bonds. The van der Waals surface area contributed by atoms with Crippen molar-refractivity contribution in [1.29, 1.82) is 0 Å². The summed E-state index contributed by atoms with van der Waals surface area (Å²) in [6, 6.07) is 16.7. The average Bonchev–Trinajstić information content (AvgIpc) is 3.40. The largest absolute Gasteiger partial charge is 0.478 e. The first-order valence-corrected chi connectivity index (χ1v) is 13.0. The molecule has 3 aromatic carbocycles. The van der Waals surface area contributed by atoms with Crippen LogP contribution in [0.2, 0.25) is 0 Å². The monoisotopic (exact) mass is 536 g/mol. The van der Waals surface area contributed by atoms with Gasteiger partial charge in [0.15, 0.2) is 11.6 Å². The molecule has 5 rings (SSSR count). The maximum Gasteiger partial charge on any atom is 0.336 e. The fourth-order valence-electron chi connectivity index (χ4n) is 5.85. The lowest BCUT2D eigenvalue weighted by molar-refractivity contribution is 0.0677. The molecule has 0 bridgehead atoms. The third kappa shape index (κ3) is 3.91. The van der Waals surface area contributed by atoms with Gasteiger partial charge in [-0.3, -0.25) is 9.59 Å². The molecular weight excluding hydrogens is 508 g/mol. The summed E-state index contributed by atoms with van der Waals surface area (Å²) in [7, 11) is 0. The molecule has 5 aromatic rings. The van der Waals surface area contributed by atoms with Gasteiger partial charge < -0.3 is 19.3 Å². The molecule has 8 nitrogen and oxygen atoms in total. The van der Waals surface area contributed by atoms with E-state index in [1.807, 2.05) is 47.2 Å². The van der Waals surface area contributed by atoms with E-state index < -0.39 is 34.6 Å². The van der Waals surface area contributed by atoms with E-state index in [-0.39, 0.29) is 11.1 Å². The van der Waals surface area contributed by atoms with Crippen LogP contribution in [0, 0.1) is 13.8 Å². The maximum absolute atomic E-state index is 14.0. The van der Waals surface area contributed by atoms with Crippen molar-refractivity contribution in [1.82, 2.24) is 9.13 Å². The van der Waals surface area contributed by atoms with Crippen LogP contribution in [0.3, 0.4) is 0 Å². The zero-order valence-electron chi connectivity index (χ0n) is 22.6. The number of hydrogen-bond donors (Lipinski definition) is 2. The smallest absolute Gasteiger partial charge is 0.336 e. The molecule has 0 fully saturated rings. The van der Waals surface area contributed by atoms with E-state index in [1.54, 1.807) is 38.1 Å². The Morgan fingerprint density at radius 1 is 0.600 bits per heavy atom. The molecule has 2 heterocycles. The third-order valence-electron chi connectivity index (χ3n) is 7.66. The average molecular weight is 537 g/mol. The van der Waals surface area contributed by atoms with E-state index in [9.17, 15) is 29.4 Å². The summed E-state index contributed by atoms with van der Waals surface area (Å²) in [5, 5.41) is 21.6. The zero-order valence-corrected chi connectivity index (χ0v) is 22.6. The molecule has 0 unspecified atom stereocenters. The van der Waals surface area contributed by atoms with Gasteiger partial charge in [0, 0.05) is 57.4 Å². The van der Waals surface area contributed by atoms with Gasteiger partial charge in [-0.25, -0.2) is 9.59 Å². The number of aromatic nitrogens is 2. The number of carbonyl (C=O) groups excluding carboxylic acids is 2. The predicted molar refractivity (Wildman–Crippen MR) is 152 cm³/mol. The van der Waals surface area contributed by atoms with Gasteiger partial charge in [0.05, 0.1) is 22.3 Å². The van der Waals surface area contributed by atoms with Crippen LogP contribution in [0.4, 0.5) is 0 Å². The fraction of sp³-hybridized carbons (Fsp3) is 0.188. The molecule has 202 valence electrons. The lowest BCUT2D eigenvalue weighted by Gasteiger charge is -2.13. The molecule has 40 heavy (non-hydrogen) atoms. The number of carboxylic acid groups (broad SMARTS) is 2. The van der Waals surface area contributed by atoms with Crippen LogP contribution in [0.1, 0.15) is 77.8 Å². The van der Waals surface area contributed by atoms with Gasteiger partial charge in [-0.1, -0.05) is 36.4 Å². The van der Waals surface area contributed by atoms with E-state index in [2.05, 4.69) is 0 Å². The van der Waals surface area contributed by atoms with Crippen LogP contribution in [-0.4, -0.2) is 42.9 Å². The van der Waals surface area contributed by atoms with Crippen molar-refractivity contribution in [2.75, 3.05) is 0 Å². The lowest BCUT2D eigenvalue weighted by atomic mass is 9.89. The van der Waals surface area contributed by atoms with Crippen LogP contribution in [-0.2, 0) is 13.1 Å². The Hall–Kier alpha value is -4.98. The lowest BCUT2D eigenvalue weighted by Crippen LogP contribution is -2.18. The highest BCUT2D eigenvalue weighted by molar-refractivity contribution is 6.25. The second-order valence-corrected chi connectivity index (χ2v) is 9.66. The van der Waals surface area contributed by atoms with Crippen molar-refractivity contribution in [3.05, 3.63) is 105 Å². The predicted octanol–water partition coefficient (Wildman–Crippen LogP) is 6.11. The van der Waals surface area contributed by atoms with Crippen LogP contribution < -0.4 is 0 Å². The van der Waals surface area contributed by atoms with E-state index >= 15 is 0 Å².